The summed E-state index contributed by atoms with van der Waals surface area (Å²) in [6.07, 6.45) is -4.64. The number of ether oxygens (including phenoxy) is 1. The zero-order chi connectivity index (χ0) is 19.8. The SMILES string of the molecule is CCOC(=O)Cn1nnc2scc(-c3ccc(Cl)c(C(F)(F)F)c3)c2c1=O. The van der Waals surface area contributed by atoms with E-state index in [4.69, 9.17) is 16.3 Å². The lowest BCUT2D eigenvalue weighted by Crippen LogP contribution is -2.28. The Morgan fingerprint density at radius 1 is 1.37 bits per heavy atom. The Morgan fingerprint density at radius 3 is 2.78 bits per heavy atom. The molecule has 0 spiro atoms. The van der Waals surface area contributed by atoms with Gasteiger partial charge in [0, 0.05) is 10.9 Å². The first-order chi connectivity index (χ1) is 12.7. The highest BCUT2D eigenvalue weighted by Gasteiger charge is 2.33. The number of alkyl halides is 3. The highest BCUT2D eigenvalue weighted by Crippen LogP contribution is 2.39. The number of hydrogen-bond acceptors (Lipinski definition) is 6. The molecule has 0 saturated heterocycles. The van der Waals surface area contributed by atoms with Crippen molar-refractivity contribution in [1.82, 2.24) is 15.0 Å². The maximum Gasteiger partial charge on any atom is 0.417 e. The van der Waals surface area contributed by atoms with E-state index in [9.17, 15) is 22.8 Å². The molecule has 3 rings (SSSR count). The van der Waals surface area contributed by atoms with Crippen molar-refractivity contribution in [2.75, 3.05) is 6.61 Å². The van der Waals surface area contributed by atoms with Crippen LogP contribution in [-0.4, -0.2) is 27.6 Å². The van der Waals surface area contributed by atoms with Crippen LogP contribution in [0.25, 0.3) is 21.3 Å². The second-order valence-corrected chi connectivity index (χ2v) is 6.64. The molecule has 0 amide bonds. The van der Waals surface area contributed by atoms with Crippen molar-refractivity contribution in [3.05, 3.63) is 44.5 Å². The zero-order valence-electron chi connectivity index (χ0n) is 13.7. The van der Waals surface area contributed by atoms with Gasteiger partial charge < -0.3 is 4.74 Å². The first kappa shape index (κ1) is 19.3. The van der Waals surface area contributed by atoms with Crippen molar-refractivity contribution in [1.29, 1.82) is 0 Å². The van der Waals surface area contributed by atoms with Gasteiger partial charge in [0.25, 0.3) is 5.56 Å². The maximum absolute atomic E-state index is 13.1. The predicted octanol–water partition coefficient (Wildman–Crippen LogP) is 3.76. The molecule has 27 heavy (non-hydrogen) atoms. The largest absolute Gasteiger partial charge is 0.465 e. The Morgan fingerprint density at radius 2 is 2.11 bits per heavy atom. The molecule has 0 aliphatic heterocycles. The van der Waals surface area contributed by atoms with E-state index in [2.05, 4.69) is 10.3 Å². The van der Waals surface area contributed by atoms with Gasteiger partial charge in [-0.3, -0.25) is 9.59 Å². The number of rotatable bonds is 4. The van der Waals surface area contributed by atoms with Crippen LogP contribution in [0.5, 0.6) is 0 Å². The number of carbonyl (C=O) groups excluding carboxylic acids is 1. The van der Waals surface area contributed by atoms with Crippen LogP contribution in [0.4, 0.5) is 13.2 Å². The average Bonchev–Trinajstić information content (AvgIpc) is 3.02. The molecule has 11 heteroatoms. The molecule has 0 aliphatic rings. The van der Waals surface area contributed by atoms with E-state index in [1.807, 2.05) is 0 Å². The summed E-state index contributed by atoms with van der Waals surface area (Å²) in [5.74, 6) is -0.670. The summed E-state index contributed by atoms with van der Waals surface area (Å²) in [6.45, 7) is 1.31. The number of fused-ring (bicyclic) bond motifs is 1. The van der Waals surface area contributed by atoms with E-state index < -0.39 is 34.8 Å². The molecule has 0 radical (unpaired) electrons. The summed E-state index contributed by atoms with van der Waals surface area (Å²) >= 11 is 6.71. The smallest absolute Gasteiger partial charge is 0.417 e. The first-order valence-corrected chi connectivity index (χ1v) is 8.86. The topological polar surface area (TPSA) is 74.1 Å². The molecule has 0 atom stereocenters. The fourth-order valence-corrected chi connectivity index (χ4v) is 3.55. The van der Waals surface area contributed by atoms with Gasteiger partial charge in [-0.2, -0.15) is 17.9 Å². The van der Waals surface area contributed by atoms with Crippen LogP contribution in [0.1, 0.15) is 12.5 Å². The second-order valence-electron chi connectivity index (χ2n) is 5.38. The number of nitrogens with zero attached hydrogens (tertiary/aromatic N) is 3. The third-order valence-electron chi connectivity index (χ3n) is 3.63. The second kappa shape index (κ2) is 7.28. The number of esters is 1. The van der Waals surface area contributed by atoms with Crippen molar-refractivity contribution >= 4 is 39.1 Å². The highest BCUT2D eigenvalue weighted by atomic mass is 35.5. The molecule has 0 fully saturated rings. The standard InChI is InChI=1S/C16H11ClF3N3O3S/c1-2-26-12(24)6-23-15(25)13-9(7-27-14(13)21-22-23)8-3-4-11(17)10(5-8)16(18,19)20/h3-5,7H,2,6H2,1H3. The van der Waals surface area contributed by atoms with Gasteiger partial charge in [-0.1, -0.05) is 22.9 Å². The summed E-state index contributed by atoms with van der Waals surface area (Å²) < 4.78 is 45.0. The minimum absolute atomic E-state index is 0.0785. The molecule has 3 aromatic rings. The van der Waals surface area contributed by atoms with E-state index in [-0.39, 0.29) is 28.0 Å². The predicted molar refractivity (Wildman–Crippen MR) is 93.8 cm³/mol. The van der Waals surface area contributed by atoms with E-state index in [1.54, 1.807) is 6.92 Å². The molecular formula is C16H11ClF3N3O3S. The van der Waals surface area contributed by atoms with Gasteiger partial charge in [0.1, 0.15) is 6.54 Å². The number of benzene rings is 1. The first-order valence-electron chi connectivity index (χ1n) is 7.60. The summed E-state index contributed by atoms with van der Waals surface area (Å²) in [4.78, 5) is 24.5. The fourth-order valence-electron chi connectivity index (χ4n) is 2.45. The van der Waals surface area contributed by atoms with Gasteiger partial charge >= 0.3 is 12.1 Å². The minimum Gasteiger partial charge on any atom is -0.465 e. The molecule has 2 heterocycles. The quantitative estimate of drug-likeness (QED) is 0.604. The third-order valence-corrected chi connectivity index (χ3v) is 4.82. The van der Waals surface area contributed by atoms with Crippen LogP contribution in [0.15, 0.2) is 28.4 Å². The van der Waals surface area contributed by atoms with Crippen molar-refractivity contribution in [3.63, 3.8) is 0 Å². The Bertz CT molecular complexity index is 1080. The van der Waals surface area contributed by atoms with Gasteiger partial charge in [-0.15, -0.1) is 16.4 Å². The molecule has 0 aliphatic carbocycles. The minimum atomic E-state index is -4.64. The molecule has 142 valence electrons. The Kier molecular flexibility index (Phi) is 5.20. The van der Waals surface area contributed by atoms with Crippen LogP contribution in [0.3, 0.4) is 0 Å². The van der Waals surface area contributed by atoms with Crippen LogP contribution < -0.4 is 5.56 Å². The Balaban J connectivity index is 2.14. The Labute approximate surface area is 159 Å². The van der Waals surface area contributed by atoms with Crippen molar-refractivity contribution in [3.8, 4) is 11.1 Å². The Hall–Kier alpha value is -2.46. The highest BCUT2D eigenvalue weighted by molar-refractivity contribution is 7.17. The van der Waals surface area contributed by atoms with Crippen molar-refractivity contribution in [2.24, 2.45) is 0 Å². The van der Waals surface area contributed by atoms with Crippen LogP contribution in [0, 0.1) is 0 Å². The van der Waals surface area contributed by atoms with E-state index in [0.717, 1.165) is 28.2 Å². The zero-order valence-corrected chi connectivity index (χ0v) is 15.3. The van der Waals surface area contributed by atoms with Crippen molar-refractivity contribution in [2.45, 2.75) is 19.6 Å². The van der Waals surface area contributed by atoms with E-state index in [1.165, 1.54) is 11.4 Å². The van der Waals surface area contributed by atoms with Crippen molar-refractivity contribution < 1.29 is 22.7 Å². The van der Waals surface area contributed by atoms with Crippen LogP contribution in [-0.2, 0) is 22.3 Å². The molecule has 2 aromatic heterocycles. The molecule has 0 bridgehead atoms. The average molecular weight is 418 g/mol. The lowest BCUT2D eigenvalue weighted by molar-refractivity contribution is -0.144. The normalized spacial score (nSPS) is 11.7. The molecule has 0 unspecified atom stereocenters. The van der Waals surface area contributed by atoms with Gasteiger partial charge in [0.05, 0.1) is 22.6 Å². The molecular weight excluding hydrogens is 407 g/mol. The van der Waals surface area contributed by atoms with E-state index >= 15 is 0 Å². The van der Waals surface area contributed by atoms with Crippen LogP contribution >= 0.6 is 22.9 Å². The lowest BCUT2D eigenvalue weighted by Gasteiger charge is -2.10. The molecule has 0 N–H and O–H groups in total. The number of aromatic nitrogens is 3. The van der Waals surface area contributed by atoms with Gasteiger partial charge in [-0.25, -0.2) is 0 Å². The fraction of sp³-hybridized carbons (Fsp3) is 0.250. The lowest BCUT2D eigenvalue weighted by atomic mass is 10.0. The summed E-state index contributed by atoms with van der Waals surface area (Å²) in [5, 5.41) is 8.69. The number of carbonyl (C=O) groups is 1. The number of hydrogen-bond donors (Lipinski definition) is 0. The third kappa shape index (κ3) is 3.81. The van der Waals surface area contributed by atoms with Crippen LogP contribution in [0.2, 0.25) is 5.02 Å². The summed E-state index contributed by atoms with van der Waals surface area (Å²) in [7, 11) is 0. The number of halogens is 4. The number of thiophene rings is 1. The van der Waals surface area contributed by atoms with Gasteiger partial charge in [0.15, 0.2) is 4.83 Å². The molecule has 6 nitrogen and oxygen atoms in total. The molecule has 1 aromatic carbocycles. The van der Waals surface area contributed by atoms with E-state index in [0.29, 0.717) is 0 Å². The van der Waals surface area contributed by atoms with Gasteiger partial charge in [0.2, 0.25) is 0 Å². The van der Waals surface area contributed by atoms with Gasteiger partial charge in [-0.05, 0) is 24.6 Å². The molecule has 0 saturated carbocycles. The summed E-state index contributed by atoms with van der Waals surface area (Å²) in [5.41, 5.74) is -1.23. The monoisotopic (exact) mass is 417 g/mol. The summed E-state index contributed by atoms with van der Waals surface area (Å²) in [6, 6.07) is 3.38. The maximum atomic E-state index is 13.1.